The maximum Gasteiger partial charge on any atom is 0.314 e. The predicted molar refractivity (Wildman–Crippen MR) is 147 cm³/mol. The van der Waals surface area contributed by atoms with E-state index in [0.29, 0.717) is 5.75 Å². The van der Waals surface area contributed by atoms with Crippen LogP contribution in [0, 0.1) is 17.8 Å². The van der Waals surface area contributed by atoms with E-state index in [-0.39, 0.29) is 11.9 Å². The third kappa shape index (κ3) is 7.45. The third-order valence-electron chi connectivity index (χ3n) is 8.73. The SMILES string of the molecule is CCCCCC1CCC(c2ccc(-c3ccc(OC(=O)C4CCC(CCC)CC4)cc3)cc2)CC1. The normalized spacial score (nSPS) is 24.7. The Bertz CT molecular complexity index is 882. The molecule has 2 saturated carbocycles. The molecule has 2 nitrogen and oxygen atoms in total. The molecule has 0 unspecified atom stereocenters. The van der Waals surface area contributed by atoms with Crippen LogP contribution in [0.1, 0.15) is 115 Å². The lowest BCUT2D eigenvalue weighted by Gasteiger charge is -2.29. The molecule has 0 saturated heterocycles. The first-order valence-electron chi connectivity index (χ1n) is 14.6. The van der Waals surface area contributed by atoms with Gasteiger partial charge in [0, 0.05) is 0 Å². The van der Waals surface area contributed by atoms with Crippen LogP contribution in [0.15, 0.2) is 48.5 Å². The number of esters is 1. The molecule has 2 aliphatic rings. The summed E-state index contributed by atoms with van der Waals surface area (Å²) in [5, 5.41) is 0. The molecule has 0 aromatic heterocycles. The average molecular weight is 475 g/mol. The molecule has 2 aromatic carbocycles. The van der Waals surface area contributed by atoms with Crippen LogP contribution in [-0.2, 0) is 4.79 Å². The van der Waals surface area contributed by atoms with Gasteiger partial charge in [-0.05, 0) is 97.9 Å². The van der Waals surface area contributed by atoms with Crippen molar-refractivity contribution in [3.63, 3.8) is 0 Å². The predicted octanol–water partition coefficient (Wildman–Crippen LogP) is 9.72. The monoisotopic (exact) mass is 474 g/mol. The lowest BCUT2D eigenvalue weighted by atomic mass is 9.77. The quantitative estimate of drug-likeness (QED) is 0.194. The second kappa shape index (κ2) is 13.3. The van der Waals surface area contributed by atoms with E-state index >= 15 is 0 Å². The Morgan fingerprint density at radius 2 is 1.26 bits per heavy atom. The fourth-order valence-corrected chi connectivity index (χ4v) is 6.43. The summed E-state index contributed by atoms with van der Waals surface area (Å²) in [4.78, 5) is 12.6. The Morgan fingerprint density at radius 3 is 1.86 bits per heavy atom. The summed E-state index contributed by atoms with van der Waals surface area (Å²) < 4.78 is 5.74. The van der Waals surface area contributed by atoms with Crippen LogP contribution < -0.4 is 4.74 Å². The number of carbonyl (C=O) groups is 1. The van der Waals surface area contributed by atoms with Gasteiger partial charge in [-0.3, -0.25) is 4.79 Å². The minimum absolute atomic E-state index is 0.0443. The molecule has 0 atom stereocenters. The van der Waals surface area contributed by atoms with E-state index in [1.54, 1.807) is 0 Å². The van der Waals surface area contributed by atoms with E-state index in [4.69, 9.17) is 4.74 Å². The Morgan fingerprint density at radius 1 is 0.686 bits per heavy atom. The van der Waals surface area contributed by atoms with Crippen molar-refractivity contribution in [1.29, 1.82) is 0 Å². The van der Waals surface area contributed by atoms with Crippen LogP contribution in [0.4, 0.5) is 0 Å². The summed E-state index contributed by atoms with van der Waals surface area (Å²) >= 11 is 0. The van der Waals surface area contributed by atoms with Crippen molar-refractivity contribution in [2.24, 2.45) is 17.8 Å². The molecule has 0 bridgehead atoms. The Labute approximate surface area is 213 Å². The zero-order chi connectivity index (χ0) is 24.5. The number of hydrogen-bond donors (Lipinski definition) is 0. The molecule has 190 valence electrons. The average Bonchev–Trinajstić information content (AvgIpc) is 2.90. The van der Waals surface area contributed by atoms with E-state index in [2.05, 4.69) is 50.2 Å². The molecule has 2 aliphatic carbocycles. The van der Waals surface area contributed by atoms with Crippen molar-refractivity contribution in [3.8, 4) is 16.9 Å². The van der Waals surface area contributed by atoms with Crippen molar-refractivity contribution in [3.05, 3.63) is 54.1 Å². The number of benzene rings is 2. The van der Waals surface area contributed by atoms with E-state index in [0.717, 1.165) is 30.6 Å². The summed E-state index contributed by atoms with van der Waals surface area (Å²) in [6.07, 6.45) is 17.9. The van der Waals surface area contributed by atoms with Gasteiger partial charge in [-0.15, -0.1) is 0 Å². The topological polar surface area (TPSA) is 26.3 Å². The number of ether oxygens (including phenoxy) is 1. The van der Waals surface area contributed by atoms with Crippen LogP contribution in [0.25, 0.3) is 11.1 Å². The van der Waals surface area contributed by atoms with Crippen LogP contribution >= 0.6 is 0 Å². The zero-order valence-electron chi connectivity index (χ0n) is 22.1. The highest BCUT2D eigenvalue weighted by molar-refractivity contribution is 5.75. The Kier molecular flexibility index (Phi) is 9.86. The summed E-state index contributed by atoms with van der Waals surface area (Å²) in [6.45, 7) is 4.54. The molecule has 35 heavy (non-hydrogen) atoms. The molecule has 2 heteroatoms. The lowest BCUT2D eigenvalue weighted by Crippen LogP contribution is -2.25. The summed E-state index contributed by atoms with van der Waals surface area (Å²) in [5.74, 6) is 3.19. The second-order valence-electron chi connectivity index (χ2n) is 11.3. The van der Waals surface area contributed by atoms with Crippen molar-refractivity contribution in [1.82, 2.24) is 0 Å². The smallest absolute Gasteiger partial charge is 0.314 e. The van der Waals surface area contributed by atoms with Crippen LogP contribution in [0.5, 0.6) is 5.75 Å². The molecule has 0 aliphatic heterocycles. The standard InChI is InChI=1S/C33H46O2/c1-3-5-6-8-26-9-13-27(14-10-26)28-17-19-29(20-18-28)30-21-23-32(24-22-30)35-33(34)31-15-11-25(7-4-2)12-16-31/h17-27,31H,3-16H2,1-2H3. The molecule has 0 spiro atoms. The number of unbranched alkanes of at least 4 members (excludes halogenated alkanes) is 2. The van der Waals surface area contributed by atoms with Gasteiger partial charge in [0.05, 0.1) is 5.92 Å². The molecular formula is C33H46O2. The van der Waals surface area contributed by atoms with Gasteiger partial charge in [-0.1, -0.05) is 88.8 Å². The van der Waals surface area contributed by atoms with Crippen LogP contribution in [0.2, 0.25) is 0 Å². The van der Waals surface area contributed by atoms with Gasteiger partial charge in [0.15, 0.2) is 0 Å². The molecule has 2 aromatic rings. The van der Waals surface area contributed by atoms with Gasteiger partial charge in [0.25, 0.3) is 0 Å². The molecular weight excluding hydrogens is 428 g/mol. The van der Waals surface area contributed by atoms with E-state index in [1.165, 1.54) is 93.7 Å². The molecule has 0 radical (unpaired) electrons. The van der Waals surface area contributed by atoms with Gasteiger partial charge < -0.3 is 4.74 Å². The van der Waals surface area contributed by atoms with E-state index in [9.17, 15) is 4.79 Å². The minimum atomic E-state index is -0.0443. The van der Waals surface area contributed by atoms with Gasteiger partial charge in [0.1, 0.15) is 5.75 Å². The minimum Gasteiger partial charge on any atom is -0.426 e. The second-order valence-corrected chi connectivity index (χ2v) is 11.3. The number of rotatable bonds is 10. The van der Waals surface area contributed by atoms with Gasteiger partial charge in [-0.25, -0.2) is 0 Å². The van der Waals surface area contributed by atoms with Crippen molar-refractivity contribution in [2.45, 2.75) is 110 Å². The van der Waals surface area contributed by atoms with Crippen LogP contribution in [0.3, 0.4) is 0 Å². The first-order chi connectivity index (χ1) is 17.2. The molecule has 4 rings (SSSR count). The Hall–Kier alpha value is -2.09. The maximum atomic E-state index is 12.6. The van der Waals surface area contributed by atoms with Crippen molar-refractivity contribution in [2.75, 3.05) is 0 Å². The van der Waals surface area contributed by atoms with Crippen LogP contribution in [-0.4, -0.2) is 5.97 Å². The summed E-state index contributed by atoms with van der Waals surface area (Å²) in [7, 11) is 0. The highest BCUT2D eigenvalue weighted by atomic mass is 16.5. The van der Waals surface area contributed by atoms with E-state index in [1.807, 2.05) is 12.1 Å². The van der Waals surface area contributed by atoms with E-state index < -0.39 is 0 Å². The first kappa shape index (κ1) is 26.0. The summed E-state index contributed by atoms with van der Waals surface area (Å²) in [5.41, 5.74) is 3.91. The fraction of sp³-hybridized carbons (Fsp3) is 0.606. The van der Waals surface area contributed by atoms with Gasteiger partial charge in [0.2, 0.25) is 0 Å². The molecule has 2 fully saturated rings. The van der Waals surface area contributed by atoms with Crippen molar-refractivity contribution < 1.29 is 9.53 Å². The fourth-order valence-electron chi connectivity index (χ4n) is 6.43. The zero-order valence-corrected chi connectivity index (χ0v) is 22.1. The third-order valence-corrected chi connectivity index (χ3v) is 8.73. The first-order valence-corrected chi connectivity index (χ1v) is 14.6. The highest BCUT2D eigenvalue weighted by Crippen LogP contribution is 2.38. The number of hydrogen-bond acceptors (Lipinski definition) is 2. The van der Waals surface area contributed by atoms with Gasteiger partial charge in [-0.2, -0.15) is 0 Å². The number of carbonyl (C=O) groups excluding carboxylic acids is 1. The van der Waals surface area contributed by atoms with Gasteiger partial charge >= 0.3 is 5.97 Å². The lowest BCUT2D eigenvalue weighted by molar-refractivity contribution is -0.140. The summed E-state index contributed by atoms with van der Waals surface area (Å²) in [6, 6.07) is 17.2. The largest absolute Gasteiger partial charge is 0.426 e. The Balaban J connectivity index is 1.25. The molecule has 0 heterocycles. The van der Waals surface area contributed by atoms with Crippen molar-refractivity contribution >= 4 is 5.97 Å². The molecule has 0 amide bonds. The molecule has 0 N–H and O–H groups in total. The maximum absolute atomic E-state index is 12.6. The highest BCUT2D eigenvalue weighted by Gasteiger charge is 2.27.